The summed E-state index contributed by atoms with van der Waals surface area (Å²) in [7, 11) is 0. The molecule has 1 unspecified atom stereocenters. The van der Waals surface area contributed by atoms with Crippen LogP contribution in [-0.4, -0.2) is 29.7 Å². The molecule has 3 N–H and O–H groups in total. The van der Waals surface area contributed by atoms with Crippen molar-refractivity contribution in [2.75, 3.05) is 6.54 Å². The zero-order chi connectivity index (χ0) is 12.8. The molecule has 2 amide bonds. The Morgan fingerprint density at radius 3 is 2.31 bits per heavy atom. The summed E-state index contributed by atoms with van der Waals surface area (Å²) in [5.74, 6) is -0.914. The Balaban J connectivity index is 3.70. The first-order valence-electron chi connectivity index (χ1n) is 5.47. The first-order valence-corrected chi connectivity index (χ1v) is 5.47. The van der Waals surface area contributed by atoms with E-state index in [1.165, 1.54) is 0 Å². The van der Waals surface area contributed by atoms with E-state index in [0.717, 1.165) is 6.42 Å². The minimum Gasteiger partial charge on any atom is -0.481 e. The number of urea groups is 1. The van der Waals surface area contributed by atoms with Gasteiger partial charge in [0.25, 0.3) is 0 Å². The van der Waals surface area contributed by atoms with Crippen LogP contribution in [0.15, 0.2) is 0 Å². The lowest BCUT2D eigenvalue weighted by molar-refractivity contribution is -0.137. The molecule has 0 heterocycles. The molecule has 0 spiro atoms. The number of carbonyl (C=O) groups is 2. The summed E-state index contributed by atoms with van der Waals surface area (Å²) >= 11 is 0. The molecule has 0 aromatic rings. The molecule has 0 radical (unpaired) electrons. The second kappa shape index (κ2) is 6.35. The molecule has 0 bridgehead atoms. The van der Waals surface area contributed by atoms with E-state index in [4.69, 9.17) is 5.11 Å². The first-order chi connectivity index (χ1) is 7.20. The van der Waals surface area contributed by atoms with Crippen LogP contribution in [0.1, 0.15) is 40.5 Å². The quantitative estimate of drug-likeness (QED) is 0.671. The molecule has 0 saturated carbocycles. The maximum absolute atomic E-state index is 11.3. The van der Waals surface area contributed by atoms with Crippen molar-refractivity contribution in [3.05, 3.63) is 0 Å². The lowest BCUT2D eigenvalue weighted by Crippen LogP contribution is -2.42. The highest BCUT2D eigenvalue weighted by molar-refractivity contribution is 5.75. The molecule has 1 atom stereocenters. The number of hydrogen-bond donors (Lipinski definition) is 3. The van der Waals surface area contributed by atoms with Gasteiger partial charge in [-0.25, -0.2) is 4.79 Å². The van der Waals surface area contributed by atoms with Gasteiger partial charge in [-0.05, 0) is 18.8 Å². The van der Waals surface area contributed by atoms with Crippen LogP contribution in [0.2, 0.25) is 0 Å². The molecule has 5 nitrogen and oxygen atoms in total. The van der Waals surface area contributed by atoms with Gasteiger partial charge in [-0.2, -0.15) is 0 Å². The Kier molecular flexibility index (Phi) is 5.85. The minimum absolute atomic E-state index is 0.0628. The predicted molar refractivity (Wildman–Crippen MR) is 62.3 cm³/mol. The Morgan fingerprint density at radius 1 is 1.31 bits per heavy atom. The summed E-state index contributed by atoms with van der Waals surface area (Å²) in [6, 6.07) is -0.662. The smallest absolute Gasteiger partial charge is 0.315 e. The Hall–Kier alpha value is -1.26. The molecule has 0 rings (SSSR count). The summed E-state index contributed by atoms with van der Waals surface area (Å²) in [6.45, 7) is 8.55. The number of carbonyl (C=O) groups excluding carboxylic acids is 1. The standard InChI is InChI=1S/C11H22N2O3/c1-8(7-9(14)15)13-10(16)12-6-5-11(2,3)4/h8H,5-7H2,1-4H3,(H,14,15)(H2,12,13,16). The van der Waals surface area contributed by atoms with E-state index in [0.29, 0.717) is 6.54 Å². The summed E-state index contributed by atoms with van der Waals surface area (Å²) < 4.78 is 0. The average Bonchev–Trinajstić information content (AvgIpc) is 1.98. The zero-order valence-electron chi connectivity index (χ0n) is 10.5. The van der Waals surface area contributed by atoms with Gasteiger partial charge in [-0.3, -0.25) is 4.79 Å². The fraction of sp³-hybridized carbons (Fsp3) is 0.818. The third-order valence-corrected chi connectivity index (χ3v) is 2.02. The highest BCUT2D eigenvalue weighted by atomic mass is 16.4. The molecule has 0 aliphatic heterocycles. The summed E-state index contributed by atoms with van der Waals surface area (Å²) in [6.07, 6.45) is 0.820. The van der Waals surface area contributed by atoms with Gasteiger partial charge in [0.15, 0.2) is 0 Å². The molecule has 0 aliphatic carbocycles. The van der Waals surface area contributed by atoms with Crippen LogP contribution in [0.25, 0.3) is 0 Å². The third-order valence-electron chi connectivity index (χ3n) is 2.02. The van der Waals surface area contributed by atoms with Crippen molar-refractivity contribution in [2.24, 2.45) is 5.41 Å². The molecular formula is C11H22N2O3. The molecule has 16 heavy (non-hydrogen) atoms. The molecule has 0 saturated heterocycles. The molecule has 0 aliphatic rings. The monoisotopic (exact) mass is 230 g/mol. The third kappa shape index (κ3) is 9.30. The van der Waals surface area contributed by atoms with Crippen LogP contribution < -0.4 is 10.6 Å². The van der Waals surface area contributed by atoms with Crippen molar-refractivity contribution in [1.82, 2.24) is 10.6 Å². The van der Waals surface area contributed by atoms with Gasteiger partial charge in [0.2, 0.25) is 0 Å². The largest absolute Gasteiger partial charge is 0.481 e. The van der Waals surface area contributed by atoms with Crippen LogP contribution >= 0.6 is 0 Å². The zero-order valence-corrected chi connectivity index (χ0v) is 10.5. The Labute approximate surface area is 96.6 Å². The fourth-order valence-corrected chi connectivity index (χ4v) is 1.14. The molecule has 5 heteroatoms. The highest BCUT2D eigenvalue weighted by Crippen LogP contribution is 2.16. The maximum Gasteiger partial charge on any atom is 0.315 e. The van der Waals surface area contributed by atoms with E-state index < -0.39 is 5.97 Å². The molecule has 0 fully saturated rings. The van der Waals surface area contributed by atoms with Crippen LogP contribution in [0.5, 0.6) is 0 Å². The minimum atomic E-state index is -0.914. The van der Waals surface area contributed by atoms with Crippen molar-refractivity contribution in [2.45, 2.75) is 46.6 Å². The van der Waals surface area contributed by atoms with Crippen molar-refractivity contribution < 1.29 is 14.7 Å². The van der Waals surface area contributed by atoms with Gasteiger partial charge in [-0.15, -0.1) is 0 Å². The number of nitrogens with one attached hydrogen (secondary N) is 2. The fourth-order valence-electron chi connectivity index (χ4n) is 1.14. The topological polar surface area (TPSA) is 78.4 Å². The average molecular weight is 230 g/mol. The number of carboxylic acids is 1. The molecule has 0 aromatic carbocycles. The maximum atomic E-state index is 11.3. The molecule has 0 aromatic heterocycles. The van der Waals surface area contributed by atoms with E-state index in [2.05, 4.69) is 31.4 Å². The van der Waals surface area contributed by atoms with Gasteiger partial charge >= 0.3 is 12.0 Å². The summed E-state index contributed by atoms with van der Waals surface area (Å²) in [4.78, 5) is 21.7. The second-order valence-corrected chi connectivity index (χ2v) is 5.21. The first kappa shape index (κ1) is 14.7. The molecule has 94 valence electrons. The normalized spacial score (nSPS) is 13.0. The number of hydrogen-bond acceptors (Lipinski definition) is 2. The van der Waals surface area contributed by atoms with Crippen LogP contribution in [0.3, 0.4) is 0 Å². The van der Waals surface area contributed by atoms with Gasteiger partial charge in [0.1, 0.15) is 0 Å². The van der Waals surface area contributed by atoms with Crippen LogP contribution in [0, 0.1) is 5.41 Å². The SMILES string of the molecule is CC(CC(=O)O)NC(=O)NCCC(C)(C)C. The van der Waals surface area contributed by atoms with Crippen LogP contribution in [-0.2, 0) is 4.79 Å². The van der Waals surface area contributed by atoms with E-state index in [1.807, 2.05) is 0 Å². The number of carboxylic acid groups (broad SMARTS) is 1. The van der Waals surface area contributed by atoms with Crippen molar-refractivity contribution in [3.8, 4) is 0 Å². The van der Waals surface area contributed by atoms with Gasteiger partial charge < -0.3 is 15.7 Å². The lowest BCUT2D eigenvalue weighted by atomic mass is 9.92. The number of amides is 2. The number of rotatable bonds is 5. The highest BCUT2D eigenvalue weighted by Gasteiger charge is 2.12. The summed E-state index contributed by atoms with van der Waals surface area (Å²) in [5, 5.41) is 13.8. The van der Waals surface area contributed by atoms with E-state index in [-0.39, 0.29) is 23.9 Å². The van der Waals surface area contributed by atoms with Crippen molar-refractivity contribution >= 4 is 12.0 Å². The van der Waals surface area contributed by atoms with Crippen molar-refractivity contribution in [1.29, 1.82) is 0 Å². The van der Waals surface area contributed by atoms with E-state index in [1.54, 1.807) is 6.92 Å². The van der Waals surface area contributed by atoms with E-state index >= 15 is 0 Å². The predicted octanol–water partition coefficient (Wildman–Crippen LogP) is 1.58. The lowest BCUT2D eigenvalue weighted by Gasteiger charge is -2.19. The van der Waals surface area contributed by atoms with Crippen LogP contribution in [0.4, 0.5) is 4.79 Å². The van der Waals surface area contributed by atoms with Gasteiger partial charge in [-0.1, -0.05) is 20.8 Å². The van der Waals surface area contributed by atoms with Gasteiger partial charge in [0.05, 0.1) is 6.42 Å². The molecular weight excluding hydrogens is 208 g/mol. The number of aliphatic carboxylic acids is 1. The van der Waals surface area contributed by atoms with Gasteiger partial charge in [0, 0.05) is 12.6 Å². The van der Waals surface area contributed by atoms with Crippen molar-refractivity contribution in [3.63, 3.8) is 0 Å². The Morgan fingerprint density at radius 2 is 1.88 bits per heavy atom. The Bertz CT molecular complexity index is 246. The summed E-state index contributed by atoms with van der Waals surface area (Å²) in [5.41, 5.74) is 0.181. The van der Waals surface area contributed by atoms with E-state index in [9.17, 15) is 9.59 Å². The second-order valence-electron chi connectivity index (χ2n) is 5.21.